The largest absolute Gasteiger partial charge is 0.495 e. The van der Waals surface area contributed by atoms with E-state index in [1.165, 1.54) is 13.4 Å². The molecule has 136 valence electrons. The van der Waals surface area contributed by atoms with Gasteiger partial charge in [-0.1, -0.05) is 12.1 Å². The number of rotatable bonds is 7. The predicted octanol–water partition coefficient (Wildman–Crippen LogP) is 2.13. The van der Waals surface area contributed by atoms with Gasteiger partial charge >= 0.3 is 6.03 Å². The molecule has 3 rings (SSSR count). The van der Waals surface area contributed by atoms with E-state index in [-0.39, 0.29) is 31.2 Å². The van der Waals surface area contributed by atoms with Gasteiger partial charge in [0.25, 0.3) is 5.91 Å². The van der Waals surface area contributed by atoms with Gasteiger partial charge in [-0.2, -0.15) is 0 Å². The lowest BCUT2D eigenvalue weighted by Crippen LogP contribution is -2.31. The number of carbonyl (C=O) groups excluding carboxylic acids is 3. The van der Waals surface area contributed by atoms with Gasteiger partial charge in [-0.25, -0.2) is 4.79 Å². The van der Waals surface area contributed by atoms with Crippen molar-refractivity contribution in [3.05, 3.63) is 48.4 Å². The minimum atomic E-state index is -0.721. The number of nitrogens with one attached hydrogen (secondary N) is 2. The number of hydrogen-bond donors (Lipinski definition) is 2. The first-order valence-electron chi connectivity index (χ1n) is 8.15. The topological polar surface area (TPSA) is 101 Å². The van der Waals surface area contributed by atoms with Crippen LogP contribution in [0.2, 0.25) is 0 Å². The summed E-state index contributed by atoms with van der Waals surface area (Å²) in [4.78, 5) is 37.6. The molecule has 1 unspecified atom stereocenters. The molecule has 1 aromatic carbocycles. The van der Waals surface area contributed by atoms with Crippen molar-refractivity contribution in [3.8, 4) is 5.75 Å². The van der Waals surface area contributed by atoms with Crippen molar-refractivity contribution < 1.29 is 23.5 Å². The van der Waals surface area contributed by atoms with Gasteiger partial charge in [0.1, 0.15) is 17.6 Å². The van der Waals surface area contributed by atoms with Gasteiger partial charge in [0.2, 0.25) is 5.91 Å². The van der Waals surface area contributed by atoms with E-state index in [4.69, 9.17) is 9.15 Å². The molecule has 1 aliphatic heterocycles. The number of para-hydroxylation sites is 2. The molecule has 8 heteroatoms. The van der Waals surface area contributed by atoms with Gasteiger partial charge < -0.3 is 19.8 Å². The van der Waals surface area contributed by atoms with Crippen LogP contribution in [0.4, 0.5) is 10.5 Å². The number of hydrogen-bond acceptors (Lipinski definition) is 5. The molecule has 2 N–H and O–H groups in total. The molecule has 0 aliphatic carbocycles. The van der Waals surface area contributed by atoms with E-state index in [2.05, 4.69) is 10.6 Å². The van der Waals surface area contributed by atoms with Gasteiger partial charge in [-0.3, -0.25) is 14.5 Å². The van der Waals surface area contributed by atoms with E-state index in [0.717, 1.165) is 4.90 Å². The summed E-state index contributed by atoms with van der Waals surface area (Å²) in [7, 11) is 1.52. The number of benzene rings is 1. The molecule has 2 aromatic rings. The molecule has 0 spiro atoms. The Morgan fingerprint density at radius 3 is 2.81 bits per heavy atom. The molecule has 2 heterocycles. The highest BCUT2D eigenvalue weighted by Gasteiger charge is 2.38. The fraction of sp³-hybridized carbons (Fsp3) is 0.278. The van der Waals surface area contributed by atoms with Crippen molar-refractivity contribution in [1.29, 1.82) is 0 Å². The third kappa shape index (κ3) is 3.85. The number of urea groups is 1. The van der Waals surface area contributed by atoms with Crippen LogP contribution >= 0.6 is 0 Å². The van der Waals surface area contributed by atoms with Crippen molar-refractivity contribution in [2.45, 2.75) is 25.4 Å². The average Bonchev–Trinajstić information content (AvgIpc) is 3.24. The monoisotopic (exact) mass is 357 g/mol. The molecule has 0 bridgehead atoms. The van der Waals surface area contributed by atoms with Crippen molar-refractivity contribution in [3.63, 3.8) is 0 Å². The molecular formula is C18H19N3O5. The zero-order chi connectivity index (χ0) is 18.5. The van der Waals surface area contributed by atoms with Crippen molar-refractivity contribution >= 4 is 23.5 Å². The highest BCUT2D eigenvalue weighted by Crippen LogP contribution is 2.23. The number of amides is 4. The SMILES string of the molecule is COc1ccccc1NC(=O)CCC1NC(=O)N(Cc2ccco2)C1=O. The van der Waals surface area contributed by atoms with E-state index in [1.54, 1.807) is 36.4 Å². The number of nitrogens with zero attached hydrogens (tertiary/aromatic N) is 1. The zero-order valence-corrected chi connectivity index (χ0v) is 14.2. The Kier molecular flexibility index (Phi) is 5.21. The average molecular weight is 357 g/mol. The second-order valence-corrected chi connectivity index (χ2v) is 5.79. The fourth-order valence-electron chi connectivity index (χ4n) is 2.72. The van der Waals surface area contributed by atoms with Crippen LogP contribution in [0.5, 0.6) is 5.75 Å². The first-order valence-corrected chi connectivity index (χ1v) is 8.15. The second kappa shape index (κ2) is 7.73. The fourth-order valence-corrected chi connectivity index (χ4v) is 2.72. The summed E-state index contributed by atoms with van der Waals surface area (Å²) in [5, 5.41) is 5.34. The quantitative estimate of drug-likeness (QED) is 0.739. The molecule has 1 aliphatic rings. The summed E-state index contributed by atoms with van der Waals surface area (Å²) in [5.41, 5.74) is 0.557. The van der Waals surface area contributed by atoms with Crippen molar-refractivity contribution in [2.24, 2.45) is 0 Å². The van der Waals surface area contributed by atoms with E-state index in [9.17, 15) is 14.4 Å². The highest BCUT2D eigenvalue weighted by atomic mass is 16.5. The molecule has 1 atom stereocenters. The summed E-state index contributed by atoms with van der Waals surface area (Å²) >= 11 is 0. The molecule has 0 saturated carbocycles. The number of anilines is 1. The molecule has 8 nitrogen and oxygen atoms in total. The molecule has 0 radical (unpaired) electrons. The Hall–Kier alpha value is -3.29. The van der Waals surface area contributed by atoms with Crippen molar-refractivity contribution in [1.82, 2.24) is 10.2 Å². The zero-order valence-electron chi connectivity index (χ0n) is 14.2. The lowest BCUT2D eigenvalue weighted by Gasteiger charge is -2.12. The van der Waals surface area contributed by atoms with E-state index < -0.39 is 12.1 Å². The third-order valence-corrected chi connectivity index (χ3v) is 4.04. The summed E-state index contributed by atoms with van der Waals surface area (Å²) in [6.07, 6.45) is 1.77. The number of ether oxygens (including phenoxy) is 1. The van der Waals surface area contributed by atoms with Crippen LogP contribution < -0.4 is 15.4 Å². The number of carbonyl (C=O) groups is 3. The molecule has 1 fully saturated rings. The minimum Gasteiger partial charge on any atom is -0.495 e. The van der Waals surface area contributed by atoms with E-state index in [0.29, 0.717) is 17.2 Å². The van der Waals surface area contributed by atoms with Crippen LogP contribution in [-0.2, 0) is 16.1 Å². The summed E-state index contributed by atoms with van der Waals surface area (Å²) in [6.45, 7) is 0.0710. The second-order valence-electron chi connectivity index (χ2n) is 5.79. The van der Waals surface area contributed by atoms with E-state index >= 15 is 0 Å². The summed E-state index contributed by atoms with van der Waals surface area (Å²) in [6, 6.07) is 9.22. The maximum Gasteiger partial charge on any atom is 0.325 e. The number of methoxy groups -OCH3 is 1. The molecule has 26 heavy (non-hydrogen) atoms. The molecule has 4 amide bonds. The maximum atomic E-state index is 12.4. The molecule has 1 aromatic heterocycles. The normalized spacial score (nSPS) is 16.5. The summed E-state index contributed by atoms with van der Waals surface area (Å²) in [5.74, 6) is 0.441. The van der Waals surface area contributed by atoms with Gasteiger partial charge in [0, 0.05) is 6.42 Å². The van der Waals surface area contributed by atoms with Crippen LogP contribution in [0.15, 0.2) is 47.1 Å². The lowest BCUT2D eigenvalue weighted by molar-refractivity contribution is -0.128. The van der Waals surface area contributed by atoms with Gasteiger partial charge in [-0.15, -0.1) is 0 Å². The highest BCUT2D eigenvalue weighted by molar-refractivity contribution is 6.04. The Balaban J connectivity index is 1.53. The Morgan fingerprint density at radius 1 is 1.27 bits per heavy atom. The van der Waals surface area contributed by atoms with Crippen LogP contribution in [0.1, 0.15) is 18.6 Å². The lowest BCUT2D eigenvalue weighted by atomic mass is 10.1. The Labute approximate surface area is 150 Å². The van der Waals surface area contributed by atoms with Gasteiger partial charge in [-0.05, 0) is 30.7 Å². The minimum absolute atomic E-state index is 0.0710. The van der Waals surface area contributed by atoms with Crippen molar-refractivity contribution in [2.75, 3.05) is 12.4 Å². The summed E-state index contributed by atoms with van der Waals surface area (Å²) < 4.78 is 10.3. The Morgan fingerprint density at radius 2 is 2.08 bits per heavy atom. The van der Waals surface area contributed by atoms with Gasteiger partial charge in [0.05, 0.1) is 25.6 Å². The van der Waals surface area contributed by atoms with Gasteiger partial charge in [0.15, 0.2) is 0 Å². The standard InChI is InChI=1S/C18H19N3O5/c1-25-15-7-3-2-6-13(15)19-16(22)9-8-14-17(23)21(18(24)20-14)11-12-5-4-10-26-12/h2-7,10,14H,8-9,11H2,1H3,(H,19,22)(H,20,24). The smallest absolute Gasteiger partial charge is 0.325 e. The molecular weight excluding hydrogens is 338 g/mol. The Bertz CT molecular complexity index is 803. The molecule has 1 saturated heterocycles. The number of furan rings is 1. The van der Waals surface area contributed by atoms with Crippen LogP contribution in [0.25, 0.3) is 0 Å². The number of imide groups is 1. The third-order valence-electron chi connectivity index (χ3n) is 4.04. The van der Waals surface area contributed by atoms with Crippen LogP contribution in [0, 0.1) is 0 Å². The van der Waals surface area contributed by atoms with E-state index in [1.807, 2.05) is 0 Å². The van der Waals surface area contributed by atoms with Crippen LogP contribution in [-0.4, -0.2) is 35.9 Å². The first kappa shape index (κ1) is 17.5. The first-order chi connectivity index (χ1) is 12.6. The predicted molar refractivity (Wildman–Crippen MR) is 92.4 cm³/mol. The maximum absolute atomic E-state index is 12.4. The van der Waals surface area contributed by atoms with Crippen LogP contribution in [0.3, 0.4) is 0 Å².